The summed E-state index contributed by atoms with van der Waals surface area (Å²) in [5, 5.41) is 10.6. The van der Waals surface area contributed by atoms with E-state index in [9.17, 15) is 14.0 Å². The first-order valence-corrected chi connectivity index (χ1v) is 8.80. The van der Waals surface area contributed by atoms with Gasteiger partial charge in [-0.05, 0) is 50.5 Å². The summed E-state index contributed by atoms with van der Waals surface area (Å²) in [6.07, 6.45) is 3.54. The molecule has 2 amide bonds. The van der Waals surface area contributed by atoms with E-state index in [0.717, 1.165) is 25.9 Å². The summed E-state index contributed by atoms with van der Waals surface area (Å²) in [5.41, 5.74) is 1.37. The number of hydrogen-bond donors (Lipinski definition) is 1. The van der Waals surface area contributed by atoms with Gasteiger partial charge in [-0.2, -0.15) is 0 Å². The molecule has 0 radical (unpaired) electrons. The number of halogens is 1. The summed E-state index contributed by atoms with van der Waals surface area (Å²) in [7, 11) is 0. The number of aromatic nitrogens is 3. The number of amides is 2. The molecule has 7 nitrogen and oxygen atoms in total. The monoisotopic (exact) mass is 359 g/mol. The molecule has 2 aromatic rings. The Balaban J connectivity index is 1.56. The quantitative estimate of drug-likeness (QED) is 0.883. The minimum absolute atomic E-state index is 0.0664. The third kappa shape index (κ3) is 4.07. The van der Waals surface area contributed by atoms with Crippen LogP contribution in [0.15, 0.2) is 24.3 Å². The Morgan fingerprint density at radius 2 is 1.85 bits per heavy atom. The number of benzene rings is 1. The van der Waals surface area contributed by atoms with Crippen molar-refractivity contribution < 1.29 is 14.0 Å². The second kappa shape index (κ2) is 8.07. The Hall–Kier alpha value is -2.77. The van der Waals surface area contributed by atoms with Crippen LogP contribution >= 0.6 is 0 Å². The smallest absolute Gasteiger partial charge is 0.273 e. The molecule has 26 heavy (non-hydrogen) atoms. The first-order valence-electron chi connectivity index (χ1n) is 8.80. The predicted octanol–water partition coefficient (Wildman–Crippen LogP) is 1.85. The van der Waals surface area contributed by atoms with Gasteiger partial charge in [0.2, 0.25) is 5.91 Å². The number of hydrogen-bond acceptors (Lipinski definition) is 4. The summed E-state index contributed by atoms with van der Waals surface area (Å²) < 4.78 is 14.5. The molecule has 1 aliphatic heterocycles. The molecule has 0 saturated carbocycles. The number of nitrogens with zero attached hydrogens (tertiary/aromatic N) is 4. The van der Waals surface area contributed by atoms with Crippen LogP contribution in [-0.2, 0) is 4.79 Å². The second-order valence-corrected chi connectivity index (χ2v) is 6.36. The van der Waals surface area contributed by atoms with Crippen molar-refractivity contribution in [2.45, 2.75) is 32.6 Å². The van der Waals surface area contributed by atoms with Gasteiger partial charge in [0.1, 0.15) is 5.82 Å². The molecule has 0 bridgehead atoms. The maximum atomic E-state index is 13.0. The van der Waals surface area contributed by atoms with E-state index >= 15 is 0 Å². The third-order valence-corrected chi connectivity index (χ3v) is 4.51. The number of carbonyl (C=O) groups is 2. The van der Waals surface area contributed by atoms with Crippen molar-refractivity contribution in [2.75, 3.05) is 19.6 Å². The van der Waals surface area contributed by atoms with Crippen LogP contribution in [0.25, 0.3) is 5.69 Å². The highest BCUT2D eigenvalue weighted by molar-refractivity contribution is 5.93. The largest absolute Gasteiger partial charge is 0.350 e. The van der Waals surface area contributed by atoms with E-state index in [1.54, 1.807) is 19.1 Å². The molecule has 3 rings (SSSR count). The van der Waals surface area contributed by atoms with E-state index in [-0.39, 0.29) is 36.3 Å². The Bertz CT molecular complexity index is 781. The van der Waals surface area contributed by atoms with Gasteiger partial charge in [-0.15, -0.1) is 5.10 Å². The van der Waals surface area contributed by atoms with Crippen molar-refractivity contribution in [1.82, 2.24) is 25.2 Å². The molecule has 0 atom stereocenters. The van der Waals surface area contributed by atoms with Gasteiger partial charge < -0.3 is 10.2 Å². The molecular weight excluding hydrogens is 337 g/mol. The van der Waals surface area contributed by atoms with Gasteiger partial charge in [-0.3, -0.25) is 9.59 Å². The van der Waals surface area contributed by atoms with E-state index in [4.69, 9.17) is 0 Å². The SMILES string of the molecule is Cc1c(C(=O)NCCC(=O)N2CCCCC2)nnn1-c1ccc(F)cc1. The van der Waals surface area contributed by atoms with Crippen molar-refractivity contribution in [1.29, 1.82) is 0 Å². The fraction of sp³-hybridized carbons (Fsp3) is 0.444. The number of likely N-dealkylation sites (tertiary alicyclic amines) is 1. The average molecular weight is 359 g/mol. The number of nitrogens with one attached hydrogen (secondary N) is 1. The standard InChI is InChI=1S/C18H22FN5O2/c1-13-17(21-22-24(13)15-7-5-14(19)6-8-15)18(26)20-10-9-16(25)23-11-3-2-4-12-23/h5-8H,2-4,9-12H2,1H3,(H,20,26). The average Bonchev–Trinajstić information content (AvgIpc) is 3.04. The molecule has 2 heterocycles. The molecule has 8 heteroatoms. The van der Waals surface area contributed by atoms with Gasteiger partial charge in [0, 0.05) is 26.1 Å². The fourth-order valence-corrected chi connectivity index (χ4v) is 3.03. The van der Waals surface area contributed by atoms with Crippen LogP contribution in [0.2, 0.25) is 0 Å². The maximum Gasteiger partial charge on any atom is 0.273 e. The highest BCUT2D eigenvalue weighted by Crippen LogP contribution is 2.13. The molecule has 138 valence electrons. The Morgan fingerprint density at radius 3 is 2.54 bits per heavy atom. The molecule has 1 fully saturated rings. The zero-order valence-corrected chi connectivity index (χ0v) is 14.7. The predicted molar refractivity (Wildman–Crippen MR) is 93.4 cm³/mol. The van der Waals surface area contributed by atoms with E-state index in [1.165, 1.54) is 23.2 Å². The van der Waals surface area contributed by atoms with Gasteiger partial charge in [0.15, 0.2) is 5.69 Å². The lowest BCUT2D eigenvalue weighted by Gasteiger charge is -2.26. The molecule has 1 aromatic heterocycles. The van der Waals surface area contributed by atoms with Crippen LogP contribution in [0.3, 0.4) is 0 Å². The maximum absolute atomic E-state index is 13.0. The van der Waals surface area contributed by atoms with E-state index < -0.39 is 0 Å². The van der Waals surface area contributed by atoms with Crippen LogP contribution in [0.5, 0.6) is 0 Å². The minimum atomic E-state index is -0.373. The summed E-state index contributed by atoms with van der Waals surface area (Å²) in [5.74, 6) is -0.651. The first-order chi connectivity index (χ1) is 12.6. The van der Waals surface area contributed by atoms with Crippen LogP contribution in [-0.4, -0.2) is 51.3 Å². The lowest BCUT2D eigenvalue weighted by atomic mass is 10.1. The van der Waals surface area contributed by atoms with Crippen molar-refractivity contribution in [2.24, 2.45) is 0 Å². The van der Waals surface area contributed by atoms with Gasteiger partial charge >= 0.3 is 0 Å². The van der Waals surface area contributed by atoms with Crippen LogP contribution in [0.1, 0.15) is 41.9 Å². The fourth-order valence-electron chi connectivity index (χ4n) is 3.03. The highest BCUT2D eigenvalue weighted by atomic mass is 19.1. The molecule has 1 N–H and O–H groups in total. The Morgan fingerprint density at radius 1 is 1.15 bits per heavy atom. The summed E-state index contributed by atoms with van der Waals surface area (Å²) >= 11 is 0. The van der Waals surface area contributed by atoms with Gasteiger partial charge in [0.25, 0.3) is 5.91 Å². The zero-order valence-electron chi connectivity index (χ0n) is 14.7. The minimum Gasteiger partial charge on any atom is -0.350 e. The Labute approximate surface area is 151 Å². The van der Waals surface area contributed by atoms with Gasteiger partial charge in [-0.25, -0.2) is 9.07 Å². The van der Waals surface area contributed by atoms with Gasteiger partial charge in [0.05, 0.1) is 11.4 Å². The zero-order chi connectivity index (χ0) is 18.5. The third-order valence-electron chi connectivity index (χ3n) is 4.51. The molecule has 0 unspecified atom stereocenters. The topological polar surface area (TPSA) is 80.1 Å². The highest BCUT2D eigenvalue weighted by Gasteiger charge is 2.19. The van der Waals surface area contributed by atoms with E-state index in [0.29, 0.717) is 11.4 Å². The van der Waals surface area contributed by atoms with Crippen LogP contribution in [0, 0.1) is 12.7 Å². The van der Waals surface area contributed by atoms with Crippen molar-refractivity contribution in [3.05, 3.63) is 41.5 Å². The molecule has 0 spiro atoms. The molecule has 0 aliphatic carbocycles. The summed E-state index contributed by atoms with van der Waals surface area (Å²) in [4.78, 5) is 26.3. The Kier molecular flexibility index (Phi) is 5.60. The van der Waals surface area contributed by atoms with E-state index in [2.05, 4.69) is 15.6 Å². The number of rotatable bonds is 5. The lowest BCUT2D eigenvalue weighted by Crippen LogP contribution is -2.37. The molecular formula is C18H22FN5O2. The van der Waals surface area contributed by atoms with Crippen molar-refractivity contribution in [3.8, 4) is 5.69 Å². The van der Waals surface area contributed by atoms with Crippen molar-refractivity contribution in [3.63, 3.8) is 0 Å². The van der Waals surface area contributed by atoms with E-state index in [1.807, 2.05) is 4.90 Å². The van der Waals surface area contributed by atoms with Crippen LogP contribution < -0.4 is 5.32 Å². The number of carbonyl (C=O) groups excluding carboxylic acids is 2. The summed E-state index contributed by atoms with van der Waals surface area (Å²) in [6, 6.07) is 5.77. The summed E-state index contributed by atoms with van der Waals surface area (Å²) in [6.45, 7) is 3.59. The molecule has 1 saturated heterocycles. The second-order valence-electron chi connectivity index (χ2n) is 6.36. The van der Waals surface area contributed by atoms with Crippen LogP contribution in [0.4, 0.5) is 4.39 Å². The first kappa shape index (κ1) is 18.0. The lowest BCUT2D eigenvalue weighted by molar-refractivity contribution is -0.131. The number of piperidine rings is 1. The molecule has 1 aromatic carbocycles. The van der Waals surface area contributed by atoms with Gasteiger partial charge in [-0.1, -0.05) is 5.21 Å². The molecule has 1 aliphatic rings. The van der Waals surface area contributed by atoms with Crippen molar-refractivity contribution >= 4 is 11.8 Å². The normalized spacial score (nSPS) is 14.3.